The highest BCUT2D eigenvalue weighted by Crippen LogP contribution is 2.28. The largest absolute Gasteiger partial charge is 0.397 e. The zero-order valence-electron chi connectivity index (χ0n) is 8.83. The molecule has 4 N–H and O–H groups in total. The fourth-order valence-electron chi connectivity index (χ4n) is 1.73. The first-order valence-corrected chi connectivity index (χ1v) is 5.97. The fraction of sp³-hybridized carbons (Fsp3) is 0.400. The van der Waals surface area contributed by atoms with Crippen molar-refractivity contribution in [3.8, 4) is 0 Å². The van der Waals surface area contributed by atoms with Crippen LogP contribution in [0.4, 0.5) is 5.69 Å². The highest BCUT2D eigenvalue weighted by molar-refractivity contribution is 7.16. The molecular weight excluding hydrogens is 226 g/mol. The van der Waals surface area contributed by atoms with Gasteiger partial charge in [-0.3, -0.25) is 4.68 Å². The van der Waals surface area contributed by atoms with Crippen LogP contribution in [-0.4, -0.2) is 41.2 Å². The molecule has 5 nitrogen and oxygen atoms in total. The average Bonchev–Trinajstić information content (AvgIpc) is 2.83. The molecule has 0 aliphatic heterocycles. The number of anilines is 1. The summed E-state index contributed by atoms with van der Waals surface area (Å²) in [5, 5.41) is 22.8. The minimum absolute atomic E-state index is 0.0466. The van der Waals surface area contributed by atoms with Gasteiger partial charge in [0.2, 0.25) is 0 Å². The number of nitrogens with two attached hydrogens (primary N) is 1. The van der Waals surface area contributed by atoms with Crippen molar-refractivity contribution >= 4 is 27.2 Å². The number of thiophene rings is 1. The Bertz CT molecular complexity index is 460. The average molecular weight is 241 g/mol. The van der Waals surface area contributed by atoms with Crippen LogP contribution in [-0.2, 0) is 0 Å². The molecule has 0 unspecified atom stereocenters. The second kappa shape index (κ2) is 4.73. The van der Waals surface area contributed by atoms with Gasteiger partial charge in [0.25, 0.3) is 0 Å². The number of hydrogen-bond donors (Lipinski definition) is 3. The topological polar surface area (TPSA) is 74.7 Å². The molecule has 0 aromatic carbocycles. The second-order valence-corrected chi connectivity index (χ2v) is 4.36. The molecule has 0 bridgehead atoms. The Morgan fingerprint density at radius 1 is 1.31 bits per heavy atom. The van der Waals surface area contributed by atoms with E-state index in [2.05, 4.69) is 0 Å². The van der Waals surface area contributed by atoms with Gasteiger partial charge < -0.3 is 21.0 Å². The zero-order valence-corrected chi connectivity index (χ0v) is 9.65. The molecule has 0 radical (unpaired) electrons. The van der Waals surface area contributed by atoms with Gasteiger partial charge in [-0.2, -0.15) is 0 Å². The van der Waals surface area contributed by atoms with Crippen LogP contribution in [0.1, 0.15) is 0 Å². The molecule has 6 heteroatoms. The first-order chi connectivity index (χ1) is 7.77. The summed E-state index contributed by atoms with van der Waals surface area (Å²) in [6.45, 7) is 1.04. The summed E-state index contributed by atoms with van der Waals surface area (Å²) in [4.78, 5) is 1.04. The highest BCUT2D eigenvalue weighted by atomic mass is 32.1. The van der Waals surface area contributed by atoms with Crippen molar-refractivity contribution in [2.45, 2.75) is 0 Å². The van der Waals surface area contributed by atoms with E-state index in [4.69, 9.17) is 15.9 Å². The van der Waals surface area contributed by atoms with Gasteiger partial charge in [-0.15, -0.1) is 11.3 Å². The monoisotopic (exact) mass is 241 g/mol. The van der Waals surface area contributed by atoms with Crippen molar-refractivity contribution in [1.82, 2.24) is 4.68 Å². The number of aromatic nitrogens is 1. The molecule has 16 heavy (non-hydrogen) atoms. The lowest BCUT2D eigenvalue weighted by Gasteiger charge is -2.24. The molecule has 0 fully saturated rings. The molecule has 0 atom stereocenters. The van der Waals surface area contributed by atoms with Crippen LogP contribution in [0.25, 0.3) is 10.2 Å². The van der Waals surface area contributed by atoms with Crippen LogP contribution in [0, 0.1) is 0 Å². The first-order valence-electron chi connectivity index (χ1n) is 5.09. The number of aliphatic hydroxyl groups is 2. The van der Waals surface area contributed by atoms with Crippen molar-refractivity contribution in [2.24, 2.45) is 0 Å². The van der Waals surface area contributed by atoms with Crippen LogP contribution < -0.4 is 10.7 Å². The Balaban J connectivity index is 2.38. The number of hydrogen-bond acceptors (Lipinski definition) is 5. The normalized spacial score (nSPS) is 11.1. The zero-order chi connectivity index (χ0) is 11.5. The minimum atomic E-state index is 0.0466. The Morgan fingerprint density at radius 3 is 2.62 bits per heavy atom. The summed E-state index contributed by atoms with van der Waals surface area (Å²) in [5.41, 5.74) is 6.61. The summed E-state index contributed by atoms with van der Waals surface area (Å²) in [5.74, 6) is 0. The standard InChI is InChI=1S/C10H15N3O2S/c11-9-7-13(10-8(9)1-6-16-10)12(2-4-14)3-5-15/h1,6-7,14-15H,2-5,11H2. The maximum atomic E-state index is 8.99. The Hall–Kier alpha value is -1.24. The van der Waals surface area contributed by atoms with Gasteiger partial charge in [0.15, 0.2) is 0 Å². The fourth-order valence-corrected chi connectivity index (χ4v) is 2.65. The van der Waals surface area contributed by atoms with Crippen molar-refractivity contribution in [3.63, 3.8) is 0 Å². The van der Waals surface area contributed by atoms with E-state index >= 15 is 0 Å². The summed E-state index contributed by atoms with van der Waals surface area (Å²) >= 11 is 1.59. The Morgan fingerprint density at radius 2 is 2.00 bits per heavy atom. The van der Waals surface area contributed by atoms with Gasteiger partial charge in [0.05, 0.1) is 38.2 Å². The van der Waals surface area contributed by atoms with Crippen molar-refractivity contribution < 1.29 is 10.2 Å². The SMILES string of the molecule is Nc1cn(N(CCO)CCO)c2sccc12. The first kappa shape index (κ1) is 11.3. The highest BCUT2D eigenvalue weighted by Gasteiger charge is 2.12. The lowest BCUT2D eigenvalue weighted by molar-refractivity contribution is 0.266. The van der Waals surface area contributed by atoms with Crippen LogP contribution in [0.5, 0.6) is 0 Å². The predicted molar refractivity (Wildman–Crippen MR) is 66.4 cm³/mol. The molecular formula is C10H15N3O2S. The van der Waals surface area contributed by atoms with Gasteiger partial charge in [0.1, 0.15) is 4.83 Å². The van der Waals surface area contributed by atoms with Gasteiger partial charge in [0, 0.05) is 5.39 Å². The van der Waals surface area contributed by atoms with Crippen LogP contribution in [0.2, 0.25) is 0 Å². The number of nitrogens with zero attached hydrogens (tertiary/aromatic N) is 2. The van der Waals surface area contributed by atoms with Crippen LogP contribution >= 0.6 is 11.3 Å². The van der Waals surface area contributed by atoms with E-state index in [1.165, 1.54) is 0 Å². The Labute approximate surface area is 97.3 Å². The summed E-state index contributed by atoms with van der Waals surface area (Å²) in [7, 11) is 0. The molecule has 0 aliphatic carbocycles. The van der Waals surface area contributed by atoms with Gasteiger partial charge >= 0.3 is 0 Å². The molecule has 2 rings (SSSR count). The van der Waals surface area contributed by atoms with E-state index in [-0.39, 0.29) is 13.2 Å². The van der Waals surface area contributed by atoms with Crippen LogP contribution in [0.15, 0.2) is 17.6 Å². The summed E-state index contributed by atoms with van der Waals surface area (Å²) in [6.07, 6.45) is 1.83. The number of nitrogen functional groups attached to an aromatic ring is 1. The van der Waals surface area contributed by atoms with E-state index < -0.39 is 0 Å². The van der Waals surface area contributed by atoms with E-state index in [1.54, 1.807) is 11.3 Å². The summed E-state index contributed by atoms with van der Waals surface area (Å²) < 4.78 is 1.90. The molecule has 0 amide bonds. The van der Waals surface area contributed by atoms with Crippen molar-refractivity contribution in [1.29, 1.82) is 0 Å². The number of rotatable bonds is 5. The molecule has 2 aromatic heterocycles. The van der Waals surface area contributed by atoms with Gasteiger partial charge in [-0.05, 0) is 11.4 Å². The summed E-state index contributed by atoms with van der Waals surface area (Å²) in [6, 6.07) is 1.97. The number of fused-ring (bicyclic) bond motifs is 1. The van der Waals surface area contributed by atoms with E-state index in [0.717, 1.165) is 15.9 Å². The maximum absolute atomic E-state index is 8.99. The van der Waals surface area contributed by atoms with E-state index in [1.807, 2.05) is 27.3 Å². The number of aliphatic hydroxyl groups excluding tert-OH is 2. The third-order valence-corrected chi connectivity index (χ3v) is 3.35. The molecule has 88 valence electrons. The molecule has 0 saturated carbocycles. The quantitative estimate of drug-likeness (QED) is 0.699. The lowest BCUT2D eigenvalue weighted by Crippen LogP contribution is -2.38. The molecule has 2 heterocycles. The smallest absolute Gasteiger partial charge is 0.124 e. The van der Waals surface area contributed by atoms with Crippen LogP contribution in [0.3, 0.4) is 0 Å². The van der Waals surface area contributed by atoms with Gasteiger partial charge in [-0.1, -0.05) is 0 Å². The van der Waals surface area contributed by atoms with Gasteiger partial charge in [-0.25, -0.2) is 0 Å². The van der Waals surface area contributed by atoms with E-state index in [0.29, 0.717) is 13.1 Å². The molecule has 2 aromatic rings. The van der Waals surface area contributed by atoms with E-state index in [9.17, 15) is 0 Å². The molecule has 0 saturated heterocycles. The lowest BCUT2D eigenvalue weighted by atomic mass is 10.4. The predicted octanol–water partition coefficient (Wildman–Crippen LogP) is 0.208. The third kappa shape index (κ3) is 1.87. The Kier molecular flexibility index (Phi) is 3.33. The second-order valence-electron chi connectivity index (χ2n) is 3.47. The molecule has 0 spiro atoms. The maximum Gasteiger partial charge on any atom is 0.124 e. The van der Waals surface area contributed by atoms with Crippen molar-refractivity contribution in [3.05, 3.63) is 17.6 Å². The van der Waals surface area contributed by atoms with Crippen molar-refractivity contribution in [2.75, 3.05) is 37.0 Å². The molecule has 0 aliphatic rings. The minimum Gasteiger partial charge on any atom is -0.397 e. The third-order valence-electron chi connectivity index (χ3n) is 2.45.